The zero-order chi connectivity index (χ0) is 21.3. The van der Waals surface area contributed by atoms with E-state index in [1.54, 1.807) is 42.5 Å². The summed E-state index contributed by atoms with van der Waals surface area (Å²) in [5.41, 5.74) is 2.10. The number of aromatic nitrogens is 3. The number of benzene rings is 2. The molecule has 0 atom stereocenters. The number of ether oxygens (including phenoxy) is 1. The Bertz CT molecular complexity index is 997. The van der Waals surface area contributed by atoms with Crippen LogP contribution in [-0.4, -0.2) is 27.3 Å². The lowest BCUT2D eigenvalue weighted by molar-refractivity contribution is -0.116. The predicted octanol–water partition coefficient (Wildman–Crippen LogP) is 5.11. The summed E-state index contributed by atoms with van der Waals surface area (Å²) >= 11 is 0. The summed E-state index contributed by atoms with van der Waals surface area (Å²) in [4.78, 5) is 24.7. The summed E-state index contributed by atoms with van der Waals surface area (Å²) in [6.07, 6.45) is 6.01. The minimum atomic E-state index is -0.522. The second-order valence-corrected chi connectivity index (χ2v) is 7.83. The van der Waals surface area contributed by atoms with Gasteiger partial charge in [0.1, 0.15) is 0 Å². The highest BCUT2D eigenvalue weighted by Gasteiger charge is 2.13. The Morgan fingerprint density at radius 1 is 1.07 bits per heavy atom. The standard InChI is InChI=1S/C23H28N4O3/c1-16(2)9-5-3-4-6-14-21(28)24-18-11-7-10-17(15-18)23(29)30-20-13-8-12-19-22(20)26-27-25-19/h7-8,10-13,15-16H,3-6,9,14H2,1-2H3,(H,24,28)(H,25,26,27). The molecule has 7 heteroatoms. The number of aromatic amines is 1. The van der Waals surface area contributed by atoms with Crippen LogP contribution in [0.1, 0.15) is 62.7 Å². The molecule has 0 bridgehead atoms. The third-order valence-corrected chi connectivity index (χ3v) is 4.84. The van der Waals surface area contributed by atoms with E-state index >= 15 is 0 Å². The van der Waals surface area contributed by atoms with E-state index in [0.717, 1.165) is 25.2 Å². The second-order valence-electron chi connectivity index (χ2n) is 7.83. The van der Waals surface area contributed by atoms with Gasteiger partial charge >= 0.3 is 5.97 Å². The lowest BCUT2D eigenvalue weighted by Gasteiger charge is -2.08. The van der Waals surface area contributed by atoms with Gasteiger partial charge in [0.15, 0.2) is 11.3 Å². The van der Waals surface area contributed by atoms with Gasteiger partial charge in [0.2, 0.25) is 5.91 Å². The van der Waals surface area contributed by atoms with Crippen LogP contribution in [0, 0.1) is 5.92 Å². The lowest BCUT2D eigenvalue weighted by Crippen LogP contribution is -2.13. The first-order valence-corrected chi connectivity index (χ1v) is 10.4. The van der Waals surface area contributed by atoms with Crippen molar-refractivity contribution in [2.75, 3.05) is 5.32 Å². The number of rotatable bonds is 10. The first-order chi connectivity index (χ1) is 14.5. The van der Waals surface area contributed by atoms with Crippen LogP contribution in [0.4, 0.5) is 5.69 Å². The normalized spacial score (nSPS) is 11.0. The lowest BCUT2D eigenvalue weighted by atomic mass is 10.0. The minimum absolute atomic E-state index is 0.0447. The van der Waals surface area contributed by atoms with Crippen molar-refractivity contribution >= 4 is 28.6 Å². The molecular formula is C23H28N4O3. The number of fused-ring (bicyclic) bond motifs is 1. The smallest absolute Gasteiger partial charge is 0.343 e. The van der Waals surface area contributed by atoms with Gasteiger partial charge < -0.3 is 10.1 Å². The Morgan fingerprint density at radius 3 is 2.70 bits per heavy atom. The summed E-state index contributed by atoms with van der Waals surface area (Å²) < 4.78 is 5.48. The van der Waals surface area contributed by atoms with Gasteiger partial charge in [-0.25, -0.2) is 4.79 Å². The van der Waals surface area contributed by atoms with Crippen LogP contribution in [0.15, 0.2) is 42.5 Å². The summed E-state index contributed by atoms with van der Waals surface area (Å²) in [6, 6.07) is 12.0. The molecule has 0 saturated heterocycles. The molecule has 0 radical (unpaired) electrons. The van der Waals surface area contributed by atoms with Gasteiger partial charge in [-0.3, -0.25) is 9.89 Å². The fourth-order valence-corrected chi connectivity index (χ4v) is 3.22. The molecule has 2 aromatic carbocycles. The van der Waals surface area contributed by atoms with Crippen LogP contribution in [0.25, 0.3) is 11.0 Å². The number of hydrogen-bond acceptors (Lipinski definition) is 5. The molecule has 1 heterocycles. The summed E-state index contributed by atoms with van der Waals surface area (Å²) in [5, 5.41) is 13.3. The molecule has 3 aromatic rings. The first-order valence-electron chi connectivity index (χ1n) is 10.4. The van der Waals surface area contributed by atoms with E-state index in [4.69, 9.17) is 4.74 Å². The molecule has 0 spiro atoms. The Balaban J connectivity index is 1.51. The Kier molecular flexibility index (Phi) is 7.54. The maximum Gasteiger partial charge on any atom is 0.343 e. The van der Waals surface area contributed by atoms with E-state index in [2.05, 4.69) is 34.6 Å². The molecule has 0 aliphatic carbocycles. The van der Waals surface area contributed by atoms with Gasteiger partial charge in [-0.15, -0.1) is 5.10 Å². The molecule has 1 amide bonds. The average Bonchev–Trinajstić information content (AvgIpc) is 3.20. The Hall–Kier alpha value is -3.22. The summed E-state index contributed by atoms with van der Waals surface area (Å²) in [7, 11) is 0. The third kappa shape index (κ3) is 6.14. The molecule has 158 valence electrons. The molecule has 0 aliphatic heterocycles. The molecule has 1 aromatic heterocycles. The van der Waals surface area contributed by atoms with Crippen molar-refractivity contribution in [3.05, 3.63) is 48.0 Å². The predicted molar refractivity (Wildman–Crippen MR) is 116 cm³/mol. The monoisotopic (exact) mass is 408 g/mol. The zero-order valence-electron chi connectivity index (χ0n) is 17.5. The molecule has 0 saturated carbocycles. The van der Waals surface area contributed by atoms with Gasteiger partial charge in [-0.2, -0.15) is 0 Å². The topological polar surface area (TPSA) is 97.0 Å². The molecule has 0 fully saturated rings. The number of nitrogens with one attached hydrogen (secondary N) is 2. The second kappa shape index (κ2) is 10.5. The van der Waals surface area contributed by atoms with E-state index in [-0.39, 0.29) is 5.91 Å². The van der Waals surface area contributed by atoms with Crippen LogP contribution in [0.5, 0.6) is 5.75 Å². The molecule has 2 N–H and O–H groups in total. The highest BCUT2D eigenvalue weighted by molar-refractivity contribution is 5.96. The third-order valence-electron chi connectivity index (χ3n) is 4.84. The van der Waals surface area contributed by atoms with Crippen molar-refractivity contribution in [3.8, 4) is 5.75 Å². The van der Waals surface area contributed by atoms with Crippen molar-refractivity contribution in [2.24, 2.45) is 5.92 Å². The molecule has 0 unspecified atom stereocenters. The van der Waals surface area contributed by atoms with E-state index < -0.39 is 5.97 Å². The first kappa shape index (κ1) is 21.5. The van der Waals surface area contributed by atoms with Gasteiger partial charge in [0, 0.05) is 12.1 Å². The van der Waals surface area contributed by atoms with Crippen molar-refractivity contribution in [1.29, 1.82) is 0 Å². The maximum absolute atomic E-state index is 12.5. The number of unbranched alkanes of at least 4 members (excludes halogenated alkanes) is 3. The SMILES string of the molecule is CC(C)CCCCCCC(=O)Nc1cccc(C(=O)Oc2cccc3[nH]nnc23)c1. The Morgan fingerprint density at radius 2 is 1.87 bits per heavy atom. The van der Waals surface area contributed by atoms with Crippen molar-refractivity contribution in [1.82, 2.24) is 15.4 Å². The molecule has 30 heavy (non-hydrogen) atoms. The maximum atomic E-state index is 12.5. The zero-order valence-corrected chi connectivity index (χ0v) is 17.5. The van der Waals surface area contributed by atoms with Gasteiger partial charge in [-0.1, -0.05) is 56.9 Å². The van der Waals surface area contributed by atoms with Crippen LogP contribution < -0.4 is 10.1 Å². The quantitative estimate of drug-likeness (QED) is 0.276. The van der Waals surface area contributed by atoms with E-state index in [0.29, 0.717) is 34.5 Å². The molecule has 3 rings (SSSR count). The largest absolute Gasteiger partial charge is 0.420 e. The number of hydrogen-bond donors (Lipinski definition) is 2. The Labute approximate surface area is 176 Å². The number of H-pyrrole nitrogens is 1. The van der Waals surface area contributed by atoms with Gasteiger partial charge in [0.25, 0.3) is 0 Å². The number of esters is 1. The van der Waals surface area contributed by atoms with Crippen LogP contribution in [0.2, 0.25) is 0 Å². The fourth-order valence-electron chi connectivity index (χ4n) is 3.22. The number of anilines is 1. The van der Waals surface area contributed by atoms with Crippen molar-refractivity contribution in [2.45, 2.75) is 52.4 Å². The highest BCUT2D eigenvalue weighted by Crippen LogP contribution is 2.23. The number of carbonyl (C=O) groups excluding carboxylic acids is 2. The molecular weight excluding hydrogens is 380 g/mol. The van der Waals surface area contributed by atoms with E-state index in [1.165, 1.54) is 12.8 Å². The number of carbonyl (C=O) groups is 2. The summed E-state index contributed by atoms with van der Waals surface area (Å²) in [6.45, 7) is 4.46. The van der Waals surface area contributed by atoms with Gasteiger partial charge in [0.05, 0.1) is 11.1 Å². The summed E-state index contributed by atoms with van der Waals surface area (Å²) in [5.74, 6) is 0.498. The number of amides is 1. The highest BCUT2D eigenvalue weighted by atomic mass is 16.5. The molecule has 7 nitrogen and oxygen atoms in total. The van der Waals surface area contributed by atoms with Crippen LogP contribution in [0.3, 0.4) is 0 Å². The van der Waals surface area contributed by atoms with Crippen molar-refractivity contribution < 1.29 is 14.3 Å². The fraction of sp³-hybridized carbons (Fsp3) is 0.391. The van der Waals surface area contributed by atoms with Gasteiger partial charge in [-0.05, 0) is 42.7 Å². The minimum Gasteiger partial charge on any atom is -0.420 e. The van der Waals surface area contributed by atoms with Crippen molar-refractivity contribution in [3.63, 3.8) is 0 Å². The average molecular weight is 409 g/mol. The van der Waals surface area contributed by atoms with E-state index in [9.17, 15) is 9.59 Å². The van der Waals surface area contributed by atoms with Crippen LogP contribution in [-0.2, 0) is 4.79 Å². The number of nitrogens with zero attached hydrogens (tertiary/aromatic N) is 2. The molecule has 0 aliphatic rings. The van der Waals surface area contributed by atoms with Crippen LogP contribution >= 0.6 is 0 Å². The van der Waals surface area contributed by atoms with E-state index in [1.807, 2.05) is 0 Å².